The zero-order valence-electron chi connectivity index (χ0n) is 16.7. The van der Waals surface area contributed by atoms with Crippen molar-refractivity contribution in [3.05, 3.63) is 77.9 Å². The van der Waals surface area contributed by atoms with Crippen LogP contribution in [0.3, 0.4) is 0 Å². The van der Waals surface area contributed by atoms with Gasteiger partial charge in [-0.05, 0) is 11.6 Å². The zero-order valence-corrected chi connectivity index (χ0v) is 16.7. The number of hydrogen-bond donors (Lipinski definition) is 0. The van der Waals surface area contributed by atoms with Gasteiger partial charge in [-0.3, -0.25) is 14.6 Å². The van der Waals surface area contributed by atoms with E-state index in [-0.39, 0.29) is 5.91 Å². The number of furan rings is 1. The van der Waals surface area contributed by atoms with Gasteiger partial charge in [-0.2, -0.15) is 0 Å². The molecule has 2 aromatic heterocycles. The van der Waals surface area contributed by atoms with Gasteiger partial charge < -0.3 is 13.7 Å². The van der Waals surface area contributed by atoms with E-state index in [0.29, 0.717) is 24.7 Å². The van der Waals surface area contributed by atoms with Crippen molar-refractivity contribution < 1.29 is 13.6 Å². The normalized spacial score (nSPS) is 15.5. The van der Waals surface area contributed by atoms with E-state index in [2.05, 4.69) is 14.8 Å². The minimum Gasteiger partial charge on any atom is -0.472 e. The van der Waals surface area contributed by atoms with Crippen LogP contribution in [0.1, 0.15) is 27.5 Å². The van der Waals surface area contributed by atoms with Gasteiger partial charge in [-0.1, -0.05) is 30.3 Å². The predicted octanol–water partition coefficient (Wildman–Crippen LogP) is 2.86. The van der Waals surface area contributed by atoms with Crippen LogP contribution in [0.15, 0.2) is 64.0 Å². The number of rotatable bonds is 7. The number of carbonyl (C=O) groups is 1. The number of amides is 1. The molecule has 29 heavy (non-hydrogen) atoms. The van der Waals surface area contributed by atoms with Crippen LogP contribution in [0.25, 0.3) is 0 Å². The van der Waals surface area contributed by atoms with Crippen molar-refractivity contribution in [2.24, 2.45) is 0 Å². The van der Waals surface area contributed by atoms with Crippen LogP contribution in [0, 0.1) is 0 Å². The van der Waals surface area contributed by atoms with Crippen LogP contribution in [-0.4, -0.2) is 58.8 Å². The Labute approximate surface area is 170 Å². The monoisotopic (exact) mass is 394 g/mol. The summed E-state index contributed by atoms with van der Waals surface area (Å²) < 4.78 is 10.7. The van der Waals surface area contributed by atoms with Gasteiger partial charge in [-0.25, -0.2) is 4.98 Å². The first-order valence-electron chi connectivity index (χ1n) is 9.87. The van der Waals surface area contributed by atoms with E-state index in [1.807, 2.05) is 36.4 Å². The lowest BCUT2D eigenvalue weighted by Crippen LogP contribution is -2.45. The van der Waals surface area contributed by atoms with E-state index in [4.69, 9.17) is 8.83 Å². The van der Waals surface area contributed by atoms with E-state index in [0.717, 1.165) is 38.3 Å². The Hall–Kier alpha value is -2.90. The second-order valence-electron chi connectivity index (χ2n) is 7.46. The maximum absolute atomic E-state index is 12.6. The third-order valence-electron chi connectivity index (χ3n) is 5.19. The van der Waals surface area contributed by atoms with Gasteiger partial charge in [0.25, 0.3) is 5.91 Å². The molecule has 0 atom stereocenters. The fraction of sp³-hybridized carbons (Fsp3) is 0.364. The summed E-state index contributed by atoms with van der Waals surface area (Å²) in [5.74, 6) is 0.457. The predicted molar refractivity (Wildman–Crippen MR) is 108 cm³/mol. The minimum absolute atomic E-state index is 0.131. The summed E-state index contributed by atoms with van der Waals surface area (Å²) in [4.78, 5) is 23.4. The van der Waals surface area contributed by atoms with Gasteiger partial charge in [0.05, 0.1) is 19.1 Å². The van der Waals surface area contributed by atoms with Crippen molar-refractivity contribution in [1.82, 2.24) is 19.7 Å². The number of piperazine rings is 1. The Morgan fingerprint density at radius 3 is 2.41 bits per heavy atom. The molecule has 1 aliphatic heterocycles. The third-order valence-corrected chi connectivity index (χ3v) is 5.19. The SMILES string of the molecule is CN(Cc1ccccc1)C(=O)c1coc(CN2CCN(Cc3ccoc3)CC2)n1. The lowest BCUT2D eigenvalue weighted by molar-refractivity contribution is 0.0779. The molecule has 1 fully saturated rings. The fourth-order valence-electron chi connectivity index (χ4n) is 3.54. The number of oxazole rings is 1. The molecule has 7 nitrogen and oxygen atoms in total. The molecule has 1 aromatic carbocycles. The molecule has 1 aliphatic rings. The molecule has 3 heterocycles. The molecule has 3 aromatic rings. The summed E-state index contributed by atoms with van der Waals surface area (Å²) in [6, 6.07) is 11.9. The first-order valence-corrected chi connectivity index (χ1v) is 9.87. The Balaban J connectivity index is 1.26. The van der Waals surface area contributed by atoms with Gasteiger partial charge in [0.1, 0.15) is 6.26 Å². The van der Waals surface area contributed by atoms with Crippen molar-refractivity contribution in [3.63, 3.8) is 0 Å². The Morgan fingerprint density at radius 1 is 1.00 bits per heavy atom. The summed E-state index contributed by atoms with van der Waals surface area (Å²) in [5, 5.41) is 0. The van der Waals surface area contributed by atoms with E-state index in [1.165, 1.54) is 11.8 Å². The molecular formula is C22H26N4O3. The first kappa shape index (κ1) is 19.4. The standard InChI is InChI=1S/C22H26N4O3/c1-24(13-18-5-3-2-4-6-18)22(27)20-17-29-21(23-20)15-26-10-8-25(9-11-26)14-19-7-12-28-16-19/h2-7,12,16-17H,8-11,13-15H2,1H3. The highest BCUT2D eigenvalue weighted by atomic mass is 16.3. The van der Waals surface area contributed by atoms with Crippen molar-refractivity contribution in [2.45, 2.75) is 19.6 Å². The second-order valence-corrected chi connectivity index (χ2v) is 7.46. The van der Waals surface area contributed by atoms with Crippen molar-refractivity contribution >= 4 is 5.91 Å². The van der Waals surface area contributed by atoms with Crippen LogP contribution in [-0.2, 0) is 19.6 Å². The average molecular weight is 394 g/mol. The van der Waals surface area contributed by atoms with Crippen LogP contribution in [0.4, 0.5) is 0 Å². The smallest absolute Gasteiger partial charge is 0.275 e. The first-order chi connectivity index (χ1) is 14.2. The summed E-state index contributed by atoms with van der Waals surface area (Å²) in [5.41, 5.74) is 2.64. The lowest BCUT2D eigenvalue weighted by atomic mass is 10.2. The molecule has 4 rings (SSSR count). The molecule has 0 radical (unpaired) electrons. The fourth-order valence-corrected chi connectivity index (χ4v) is 3.54. The quantitative estimate of drug-likeness (QED) is 0.614. The maximum atomic E-state index is 12.6. The molecule has 1 amide bonds. The molecule has 0 N–H and O–H groups in total. The van der Waals surface area contributed by atoms with E-state index in [9.17, 15) is 4.79 Å². The van der Waals surface area contributed by atoms with Crippen LogP contribution >= 0.6 is 0 Å². The highest BCUT2D eigenvalue weighted by molar-refractivity contribution is 5.91. The number of hydrogen-bond acceptors (Lipinski definition) is 6. The zero-order chi connectivity index (χ0) is 20.1. The second kappa shape index (κ2) is 9.07. The molecule has 0 aliphatic carbocycles. The molecule has 152 valence electrons. The molecule has 0 spiro atoms. The highest BCUT2D eigenvalue weighted by Gasteiger charge is 2.21. The molecular weight excluding hydrogens is 368 g/mol. The molecule has 7 heteroatoms. The minimum atomic E-state index is -0.131. The summed E-state index contributed by atoms with van der Waals surface area (Å²) in [7, 11) is 1.78. The van der Waals surface area contributed by atoms with Gasteiger partial charge >= 0.3 is 0 Å². The maximum Gasteiger partial charge on any atom is 0.275 e. The third kappa shape index (κ3) is 5.13. The lowest BCUT2D eigenvalue weighted by Gasteiger charge is -2.33. The Bertz CT molecular complexity index is 899. The van der Waals surface area contributed by atoms with E-state index < -0.39 is 0 Å². The average Bonchev–Trinajstić information content (AvgIpc) is 3.42. The van der Waals surface area contributed by atoms with E-state index in [1.54, 1.807) is 24.5 Å². The van der Waals surface area contributed by atoms with Gasteiger partial charge in [0.2, 0.25) is 5.89 Å². The Kier molecular flexibility index (Phi) is 6.07. The van der Waals surface area contributed by atoms with Gasteiger partial charge in [0.15, 0.2) is 5.69 Å². The van der Waals surface area contributed by atoms with Crippen molar-refractivity contribution in [1.29, 1.82) is 0 Å². The molecule has 0 bridgehead atoms. The molecule has 0 saturated carbocycles. The number of benzene rings is 1. The molecule has 1 saturated heterocycles. The Morgan fingerprint density at radius 2 is 1.72 bits per heavy atom. The summed E-state index contributed by atoms with van der Waals surface area (Å²) in [6.45, 7) is 5.93. The molecule has 0 unspecified atom stereocenters. The van der Waals surface area contributed by atoms with Crippen LogP contribution in [0.5, 0.6) is 0 Å². The van der Waals surface area contributed by atoms with Crippen LogP contribution in [0.2, 0.25) is 0 Å². The van der Waals surface area contributed by atoms with Crippen molar-refractivity contribution in [2.75, 3.05) is 33.2 Å². The van der Waals surface area contributed by atoms with Crippen molar-refractivity contribution in [3.8, 4) is 0 Å². The van der Waals surface area contributed by atoms with Gasteiger partial charge in [-0.15, -0.1) is 0 Å². The van der Waals surface area contributed by atoms with Gasteiger partial charge in [0, 0.05) is 51.9 Å². The summed E-state index contributed by atoms with van der Waals surface area (Å²) >= 11 is 0. The van der Waals surface area contributed by atoms with E-state index >= 15 is 0 Å². The topological polar surface area (TPSA) is 66.0 Å². The highest BCUT2D eigenvalue weighted by Crippen LogP contribution is 2.13. The number of aromatic nitrogens is 1. The largest absolute Gasteiger partial charge is 0.472 e. The summed E-state index contributed by atoms with van der Waals surface area (Å²) in [6.07, 6.45) is 4.98. The number of carbonyl (C=O) groups excluding carboxylic acids is 1. The van der Waals surface area contributed by atoms with Crippen LogP contribution < -0.4 is 0 Å². The number of nitrogens with zero attached hydrogens (tertiary/aromatic N) is 4.